The SMILES string of the molecule is CC1CCN(C2CC(Cl)C(F)C3=[N+]=C4CCN(C(=O)CO)[C@@H](C)C4C32)C1. The van der Waals surface area contributed by atoms with Crippen LogP contribution in [0.15, 0.2) is 0 Å². The zero-order chi connectivity index (χ0) is 18.6. The number of carbonyl (C=O) groups is 1. The first-order valence-corrected chi connectivity index (χ1v) is 10.2. The Kier molecular flexibility index (Phi) is 4.89. The molecule has 0 radical (unpaired) electrons. The van der Waals surface area contributed by atoms with E-state index in [1.54, 1.807) is 4.90 Å². The van der Waals surface area contributed by atoms with Crippen molar-refractivity contribution in [1.82, 2.24) is 14.5 Å². The van der Waals surface area contributed by atoms with Crippen molar-refractivity contribution in [3.63, 3.8) is 0 Å². The molecule has 3 aliphatic heterocycles. The highest BCUT2D eigenvalue weighted by atomic mass is 35.5. The second-order valence-corrected chi connectivity index (χ2v) is 8.99. The molecule has 2 saturated heterocycles. The molecule has 3 fully saturated rings. The minimum Gasteiger partial charge on any atom is -0.387 e. The molecular formula is C19H28ClFN3O2+. The molecule has 0 aromatic carbocycles. The Morgan fingerprint density at radius 1 is 1.35 bits per heavy atom. The van der Waals surface area contributed by atoms with Crippen LogP contribution in [-0.2, 0) is 4.79 Å². The maximum absolute atomic E-state index is 14.9. The van der Waals surface area contributed by atoms with E-state index in [1.165, 1.54) is 0 Å². The van der Waals surface area contributed by atoms with Crippen LogP contribution >= 0.6 is 11.6 Å². The minimum absolute atomic E-state index is 0.00964. The van der Waals surface area contributed by atoms with Gasteiger partial charge in [-0.15, -0.1) is 11.6 Å². The van der Waals surface area contributed by atoms with Gasteiger partial charge in [-0.05, 0) is 32.2 Å². The molecule has 3 heterocycles. The predicted molar refractivity (Wildman–Crippen MR) is 100 cm³/mol. The normalized spacial score (nSPS) is 43.0. The molecule has 0 spiro atoms. The van der Waals surface area contributed by atoms with E-state index in [9.17, 15) is 14.3 Å². The van der Waals surface area contributed by atoms with E-state index in [2.05, 4.69) is 11.8 Å². The molecule has 7 heteroatoms. The predicted octanol–water partition coefficient (Wildman–Crippen LogP) is 0.854. The summed E-state index contributed by atoms with van der Waals surface area (Å²) in [6, 6.07) is 0.105. The molecular weight excluding hydrogens is 357 g/mol. The number of fused-ring (bicyclic) bond motifs is 3. The Labute approximate surface area is 158 Å². The number of hydrogen-bond donors (Lipinski definition) is 1. The van der Waals surface area contributed by atoms with Gasteiger partial charge in [-0.1, -0.05) is 11.6 Å². The number of alkyl halides is 2. The van der Waals surface area contributed by atoms with Crippen molar-refractivity contribution in [3.05, 3.63) is 0 Å². The Balaban J connectivity index is 1.67. The molecule has 1 saturated carbocycles. The Bertz CT molecular complexity index is 665. The molecule has 0 aromatic heterocycles. The van der Waals surface area contributed by atoms with E-state index in [0.29, 0.717) is 31.0 Å². The van der Waals surface area contributed by atoms with Crippen LogP contribution in [0.2, 0.25) is 0 Å². The van der Waals surface area contributed by atoms with Gasteiger partial charge in [0.15, 0.2) is 0 Å². The maximum atomic E-state index is 14.9. The molecule has 1 aliphatic carbocycles. The lowest BCUT2D eigenvalue weighted by Crippen LogP contribution is -2.60. The van der Waals surface area contributed by atoms with Crippen molar-refractivity contribution in [2.24, 2.45) is 17.8 Å². The third-order valence-corrected chi connectivity index (χ3v) is 7.27. The van der Waals surface area contributed by atoms with Gasteiger partial charge >= 0.3 is 5.71 Å². The summed E-state index contributed by atoms with van der Waals surface area (Å²) in [5, 5.41) is 8.77. The zero-order valence-corrected chi connectivity index (χ0v) is 16.2. The number of halogens is 2. The first-order valence-electron chi connectivity index (χ1n) is 9.79. The summed E-state index contributed by atoms with van der Waals surface area (Å²) in [6.07, 6.45) is 1.24. The highest BCUT2D eigenvalue weighted by Gasteiger charge is 2.62. The first kappa shape index (κ1) is 18.4. The lowest BCUT2D eigenvalue weighted by molar-refractivity contribution is -0.137. The highest BCUT2D eigenvalue weighted by molar-refractivity contribution is 6.24. The number of aliphatic hydroxyl groups is 1. The largest absolute Gasteiger partial charge is 0.387 e. The molecule has 0 bridgehead atoms. The van der Waals surface area contributed by atoms with E-state index < -0.39 is 18.2 Å². The molecule has 4 aliphatic rings. The average Bonchev–Trinajstić information content (AvgIpc) is 3.22. The third-order valence-electron chi connectivity index (χ3n) is 6.87. The van der Waals surface area contributed by atoms with E-state index in [-0.39, 0.29) is 29.8 Å². The molecule has 26 heavy (non-hydrogen) atoms. The van der Waals surface area contributed by atoms with Gasteiger partial charge in [0.2, 0.25) is 12.1 Å². The Morgan fingerprint density at radius 3 is 2.77 bits per heavy atom. The topological polar surface area (TPSA) is 57.9 Å². The fourth-order valence-corrected chi connectivity index (χ4v) is 5.90. The van der Waals surface area contributed by atoms with Crippen LogP contribution in [0.25, 0.3) is 0 Å². The summed E-state index contributed by atoms with van der Waals surface area (Å²) < 4.78 is 19.7. The van der Waals surface area contributed by atoms with Crippen molar-refractivity contribution >= 4 is 28.9 Å². The van der Waals surface area contributed by atoms with Crippen LogP contribution in [0.1, 0.15) is 33.1 Å². The number of likely N-dealkylation sites (tertiary alicyclic amines) is 2. The number of amides is 1. The van der Waals surface area contributed by atoms with Crippen molar-refractivity contribution in [3.8, 4) is 0 Å². The van der Waals surface area contributed by atoms with Gasteiger partial charge in [-0.2, -0.15) is 0 Å². The number of carbonyl (C=O) groups excluding carboxylic acids is 1. The van der Waals surface area contributed by atoms with Crippen LogP contribution in [0.5, 0.6) is 0 Å². The quantitative estimate of drug-likeness (QED) is 0.567. The fraction of sp³-hybridized carbons (Fsp3) is 0.842. The Hall–Kier alpha value is -0.940. The molecule has 5 nitrogen and oxygen atoms in total. The van der Waals surface area contributed by atoms with Crippen molar-refractivity contribution in [2.45, 2.75) is 56.7 Å². The summed E-state index contributed by atoms with van der Waals surface area (Å²) in [5.41, 5.74) is 1.62. The second kappa shape index (κ2) is 6.90. The van der Waals surface area contributed by atoms with Crippen molar-refractivity contribution in [2.75, 3.05) is 26.2 Å². The van der Waals surface area contributed by atoms with Crippen molar-refractivity contribution < 1.29 is 14.3 Å². The molecule has 6 unspecified atom stereocenters. The molecule has 0 aromatic rings. The number of piperidine rings is 1. The molecule has 1 N–H and O–H groups in total. The number of nitrogens with zero attached hydrogens (tertiary/aromatic N) is 3. The first-order chi connectivity index (χ1) is 12.4. The van der Waals surface area contributed by atoms with E-state index >= 15 is 0 Å². The van der Waals surface area contributed by atoms with Crippen LogP contribution in [0.3, 0.4) is 0 Å². The minimum atomic E-state index is -1.20. The molecule has 7 atom stereocenters. The summed E-state index contributed by atoms with van der Waals surface area (Å²) in [7, 11) is 0. The lowest BCUT2D eigenvalue weighted by atomic mass is 9.69. The average molecular weight is 385 g/mol. The van der Waals surface area contributed by atoms with Gasteiger partial charge in [-0.25, -0.2) is 4.39 Å². The van der Waals surface area contributed by atoms with Gasteiger partial charge in [0.1, 0.15) is 6.61 Å². The standard InChI is InChI=1S/C19H28ClFN3O2/c1-10-3-5-23(8-10)14-7-12(20)18(21)19-17(14)16-11(2)24(15(26)9-25)6-4-13(16)22-19/h10-12,14,16-18,25H,3-9H2,1-2H3/q+1/t10?,11-,12?,14?,16?,17?,18?/m0/s1. The maximum Gasteiger partial charge on any atom is 0.321 e. The van der Waals surface area contributed by atoms with Crippen LogP contribution in [-0.4, -0.2) is 82.1 Å². The van der Waals surface area contributed by atoms with Crippen LogP contribution in [0.4, 0.5) is 4.39 Å². The number of hydrogen-bond acceptors (Lipinski definition) is 3. The summed E-state index contributed by atoms with van der Waals surface area (Å²) in [4.78, 5) is 16.4. The van der Waals surface area contributed by atoms with E-state index in [4.69, 9.17) is 16.3 Å². The molecule has 144 valence electrons. The van der Waals surface area contributed by atoms with Crippen LogP contribution < -0.4 is 4.67 Å². The summed E-state index contributed by atoms with van der Waals surface area (Å²) in [6.45, 7) is 6.37. The molecule has 4 rings (SSSR count). The monoisotopic (exact) mass is 384 g/mol. The van der Waals surface area contributed by atoms with Gasteiger partial charge in [-0.3, -0.25) is 9.69 Å². The van der Waals surface area contributed by atoms with E-state index in [0.717, 1.165) is 25.2 Å². The molecule has 1 amide bonds. The summed E-state index contributed by atoms with van der Waals surface area (Å²) >= 11 is 6.39. The highest BCUT2D eigenvalue weighted by Crippen LogP contribution is 2.42. The lowest BCUT2D eigenvalue weighted by Gasteiger charge is -2.43. The van der Waals surface area contributed by atoms with Crippen LogP contribution in [0, 0.1) is 17.8 Å². The number of rotatable bonds is 2. The van der Waals surface area contributed by atoms with Gasteiger partial charge in [0.05, 0.1) is 23.6 Å². The van der Waals surface area contributed by atoms with Crippen molar-refractivity contribution in [1.29, 1.82) is 0 Å². The van der Waals surface area contributed by atoms with Gasteiger partial charge in [0.25, 0.3) is 5.71 Å². The van der Waals surface area contributed by atoms with E-state index in [1.807, 2.05) is 6.92 Å². The van der Waals surface area contributed by atoms with Gasteiger partial charge in [0, 0.05) is 25.2 Å². The van der Waals surface area contributed by atoms with Gasteiger partial charge < -0.3 is 10.0 Å². The fourth-order valence-electron chi connectivity index (χ4n) is 5.59. The summed E-state index contributed by atoms with van der Waals surface area (Å²) in [5.74, 6) is 0.426. The smallest absolute Gasteiger partial charge is 0.321 e. The third kappa shape index (κ3) is 2.82. The zero-order valence-electron chi connectivity index (χ0n) is 15.4. The Morgan fingerprint density at radius 2 is 2.12 bits per heavy atom. The second-order valence-electron chi connectivity index (χ2n) is 8.43. The number of aliphatic hydroxyl groups excluding tert-OH is 1.